The molecule has 118 valence electrons. The second kappa shape index (κ2) is 7.35. The first-order valence-electron chi connectivity index (χ1n) is 7.14. The van der Waals surface area contributed by atoms with E-state index in [9.17, 15) is 9.59 Å². The molecule has 0 aliphatic heterocycles. The maximum Gasteiger partial charge on any atom is 0.331 e. The van der Waals surface area contributed by atoms with Crippen molar-refractivity contribution in [2.24, 2.45) is 0 Å². The largest absolute Gasteiger partial charge is 0.497 e. The molecule has 23 heavy (non-hydrogen) atoms. The molecule has 2 aromatic rings. The van der Waals surface area contributed by atoms with Crippen LogP contribution in [0.2, 0.25) is 0 Å². The highest BCUT2D eigenvalue weighted by Crippen LogP contribution is 2.15. The van der Waals surface area contributed by atoms with Gasteiger partial charge in [-0.2, -0.15) is 0 Å². The Morgan fingerprint density at radius 1 is 1.17 bits per heavy atom. The second-order valence-corrected chi connectivity index (χ2v) is 4.83. The minimum absolute atomic E-state index is 0.226. The Morgan fingerprint density at radius 2 is 1.87 bits per heavy atom. The Morgan fingerprint density at radius 3 is 2.43 bits per heavy atom. The van der Waals surface area contributed by atoms with Gasteiger partial charge in [0.2, 0.25) is 5.78 Å². The van der Waals surface area contributed by atoms with Gasteiger partial charge >= 0.3 is 5.97 Å². The molecular weight excluding hydrogens is 294 g/mol. The zero-order valence-corrected chi connectivity index (χ0v) is 12.9. The number of rotatable bonds is 6. The van der Waals surface area contributed by atoms with Crippen LogP contribution in [0.3, 0.4) is 0 Å². The van der Waals surface area contributed by atoms with Crippen molar-refractivity contribution in [2.75, 3.05) is 7.11 Å². The van der Waals surface area contributed by atoms with Crippen LogP contribution in [0.1, 0.15) is 35.1 Å². The van der Waals surface area contributed by atoms with E-state index in [2.05, 4.69) is 4.98 Å². The Hall–Kier alpha value is -2.95. The number of carboxylic acid groups (broad SMARTS) is 1. The maximum absolute atomic E-state index is 12.4. The highest BCUT2D eigenvalue weighted by atomic mass is 16.5. The molecule has 0 unspecified atom stereocenters. The molecule has 5 heteroatoms. The predicted octanol–water partition coefficient (Wildman–Crippen LogP) is 3.20. The summed E-state index contributed by atoms with van der Waals surface area (Å²) in [5.74, 6) is -0.544. The maximum atomic E-state index is 12.4. The molecule has 1 heterocycles. The number of carbonyl (C=O) groups excluding carboxylic acids is 1. The fourth-order valence-corrected chi connectivity index (χ4v) is 2.04. The van der Waals surface area contributed by atoms with Crippen LogP contribution in [0.4, 0.5) is 0 Å². The molecule has 1 N–H and O–H groups in total. The van der Waals surface area contributed by atoms with Gasteiger partial charge < -0.3 is 9.84 Å². The normalized spacial score (nSPS) is 11.1. The minimum Gasteiger partial charge on any atom is -0.497 e. The number of carbonyl (C=O) groups is 2. The number of ketones is 1. The average Bonchev–Trinajstić information content (AvgIpc) is 2.59. The number of nitrogens with zero attached hydrogens (tertiary/aromatic N) is 1. The first kappa shape index (κ1) is 16.4. The number of hydrogen-bond acceptors (Lipinski definition) is 4. The van der Waals surface area contributed by atoms with Crippen LogP contribution < -0.4 is 4.74 Å². The Balaban J connectivity index is 2.31. The summed E-state index contributed by atoms with van der Waals surface area (Å²) in [7, 11) is 1.56. The highest BCUT2D eigenvalue weighted by molar-refractivity contribution is 6.07. The summed E-state index contributed by atoms with van der Waals surface area (Å²) in [4.78, 5) is 27.7. The zero-order valence-electron chi connectivity index (χ0n) is 12.9. The molecular formula is C18H17NO4. The molecule has 0 saturated carbocycles. The lowest BCUT2D eigenvalue weighted by Crippen LogP contribution is -2.05. The van der Waals surface area contributed by atoms with Gasteiger partial charge in [0.15, 0.2) is 0 Å². The van der Waals surface area contributed by atoms with Gasteiger partial charge in [0, 0.05) is 11.1 Å². The first-order chi connectivity index (χ1) is 11.0. The molecule has 0 fully saturated rings. The summed E-state index contributed by atoms with van der Waals surface area (Å²) < 4.78 is 5.06. The van der Waals surface area contributed by atoms with Crippen LogP contribution in [-0.2, 0) is 4.79 Å². The van der Waals surface area contributed by atoms with Crippen molar-refractivity contribution < 1.29 is 19.4 Å². The van der Waals surface area contributed by atoms with Crippen molar-refractivity contribution in [2.45, 2.75) is 13.3 Å². The van der Waals surface area contributed by atoms with E-state index < -0.39 is 5.97 Å². The summed E-state index contributed by atoms with van der Waals surface area (Å²) >= 11 is 0. The van der Waals surface area contributed by atoms with Gasteiger partial charge in [-0.15, -0.1) is 0 Å². The highest BCUT2D eigenvalue weighted by Gasteiger charge is 2.12. The molecule has 0 saturated heterocycles. The molecule has 0 spiro atoms. The third-order valence-corrected chi connectivity index (χ3v) is 3.33. The van der Waals surface area contributed by atoms with Crippen molar-refractivity contribution in [1.29, 1.82) is 0 Å². The molecule has 0 bridgehead atoms. The molecule has 1 aromatic carbocycles. The van der Waals surface area contributed by atoms with E-state index >= 15 is 0 Å². The van der Waals surface area contributed by atoms with E-state index in [-0.39, 0.29) is 17.1 Å². The monoisotopic (exact) mass is 311 g/mol. The number of aliphatic carboxylic acids is 1. The third kappa shape index (κ3) is 4.03. The molecule has 2 rings (SSSR count). The van der Waals surface area contributed by atoms with Gasteiger partial charge in [-0.05, 0) is 48.9 Å². The predicted molar refractivity (Wildman–Crippen MR) is 86.6 cm³/mol. The van der Waals surface area contributed by atoms with Crippen LogP contribution in [0.5, 0.6) is 5.75 Å². The van der Waals surface area contributed by atoms with Crippen LogP contribution in [-0.4, -0.2) is 29.0 Å². The minimum atomic E-state index is -0.985. The molecule has 0 aliphatic rings. The molecule has 0 atom stereocenters. The lowest BCUT2D eigenvalue weighted by atomic mass is 10.1. The summed E-state index contributed by atoms with van der Waals surface area (Å²) in [5, 5.41) is 9.07. The van der Waals surface area contributed by atoms with Gasteiger partial charge in [0.25, 0.3) is 0 Å². The van der Waals surface area contributed by atoms with Crippen molar-refractivity contribution in [1.82, 2.24) is 4.98 Å². The van der Waals surface area contributed by atoms with Gasteiger partial charge in [0.05, 0.1) is 12.8 Å². The van der Waals surface area contributed by atoms with Gasteiger partial charge in [0.1, 0.15) is 11.4 Å². The number of ether oxygens (including phenoxy) is 1. The van der Waals surface area contributed by atoms with Crippen molar-refractivity contribution >= 4 is 17.8 Å². The van der Waals surface area contributed by atoms with E-state index in [1.165, 1.54) is 6.08 Å². The molecule has 0 radical (unpaired) electrons. The van der Waals surface area contributed by atoms with Crippen molar-refractivity contribution in [3.63, 3.8) is 0 Å². The van der Waals surface area contributed by atoms with E-state index in [0.29, 0.717) is 23.4 Å². The fourth-order valence-electron chi connectivity index (χ4n) is 2.04. The van der Waals surface area contributed by atoms with Gasteiger partial charge in [-0.25, -0.2) is 9.78 Å². The molecule has 0 amide bonds. The quantitative estimate of drug-likeness (QED) is 0.655. The van der Waals surface area contributed by atoms with Crippen molar-refractivity contribution in [3.8, 4) is 5.75 Å². The fraction of sp³-hybridized carbons (Fsp3) is 0.167. The average molecular weight is 311 g/mol. The third-order valence-electron chi connectivity index (χ3n) is 3.33. The van der Waals surface area contributed by atoms with Crippen LogP contribution >= 0.6 is 0 Å². The first-order valence-corrected chi connectivity index (χ1v) is 7.14. The molecule has 1 aromatic heterocycles. The van der Waals surface area contributed by atoms with Crippen LogP contribution in [0, 0.1) is 0 Å². The molecule has 0 aliphatic carbocycles. The summed E-state index contributed by atoms with van der Waals surface area (Å²) in [6, 6.07) is 11.7. The summed E-state index contributed by atoms with van der Waals surface area (Å²) in [6.07, 6.45) is 1.86. The number of pyridine rings is 1. The SMILES string of the molecule is CCC(=Cc1cccc(C(=O)c2ccc(OC)cc2)n1)C(=O)O. The number of hydrogen-bond donors (Lipinski definition) is 1. The van der Waals surface area contributed by atoms with Crippen LogP contribution in [0.25, 0.3) is 6.08 Å². The Kier molecular flexibility index (Phi) is 5.25. The van der Waals surface area contributed by atoms with E-state index in [4.69, 9.17) is 9.84 Å². The van der Waals surface area contributed by atoms with Gasteiger partial charge in [-0.3, -0.25) is 4.79 Å². The molecule has 5 nitrogen and oxygen atoms in total. The lowest BCUT2D eigenvalue weighted by molar-refractivity contribution is -0.132. The summed E-state index contributed by atoms with van der Waals surface area (Å²) in [6.45, 7) is 1.76. The zero-order chi connectivity index (χ0) is 16.8. The van der Waals surface area contributed by atoms with Crippen molar-refractivity contribution in [3.05, 3.63) is 65.0 Å². The second-order valence-electron chi connectivity index (χ2n) is 4.83. The Labute approximate surface area is 134 Å². The van der Waals surface area contributed by atoms with Gasteiger partial charge in [-0.1, -0.05) is 13.0 Å². The standard InChI is InChI=1S/C18H17NO4/c1-3-12(18(21)22)11-14-5-4-6-16(19-14)17(20)13-7-9-15(23-2)10-8-13/h4-11H,3H2,1-2H3,(H,21,22). The van der Waals surface area contributed by atoms with E-state index in [1.807, 2.05) is 0 Å². The number of aromatic nitrogens is 1. The Bertz CT molecular complexity index is 748. The lowest BCUT2D eigenvalue weighted by Gasteiger charge is -2.04. The topological polar surface area (TPSA) is 76.5 Å². The number of benzene rings is 1. The number of carboxylic acids is 1. The van der Waals surface area contributed by atoms with E-state index in [0.717, 1.165) is 0 Å². The van der Waals surface area contributed by atoms with Crippen LogP contribution in [0.15, 0.2) is 48.0 Å². The smallest absolute Gasteiger partial charge is 0.331 e. The van der Waals surface area contributed by atoms with E-state index in [1.54, 1.807) is 56.5 Å². The number of methoxy groups -OCH3 is 1. The summed E-state index contributed by atoms with van der Waals surface area (Å²) in [5.41, 5.74) is 1.45.